The summed E-state index contributed by atoms with van der Waals surface area (Å²) in [6, 6.07) is 39.1. The summed E-state index contributed by atoms with van der Waals surface area (Å²) in [5.74, 6) is 3.60. The largest absolute Gasteiger partial charge is 2.00 e. The Balaban J connectivity index is 0.00000372. The van der Waals surface area contributed by atoms with Crippen molar-refractivity contribution in [1.82, 2.24) is 14.5 Å². The Morgan fingerprint density at radius 1 is 0.655 bits per heavy atom. The molecule has 4 heterocycles. The third-order valence-corrected chi connectivity index (χ3v) is 12.4. The number of hydrogen-bond acceptors (Lipinski definition) is 4. The molecule has 55 heavy (non-hydrogen) atoms. The van der Waals surface area contributed by atoms with E-state index in [-0.39, 0.29) is 21.1 Å². The summed E-state index contributed by atoms with van der Waals surface area (Å²) in [4.78, 5) is 9.94. The number of rotatable bonds is 5. The minimum Gasteiger partial charge on any atom is -0.503 e. The molecule has 5 aromatic carbocycles. The molecule has 272 valence electrons. The molecule has 0 radical (unpaired) electrons. The zero-order chi connectivity index (χ0) is 35.9. The third-order valence-electron chi connectivity index (χ3n) is 12.4. The van der Waals surface area contributed by atoms with Crippen molar-refractivity contribution in [2.45, 2.75) is 58.8 Å². The van der Waals surface area contributed by atoms with E-state index in [1.165, 1.54) is 48.8 Å². The zero-order valence-electron chi connectivity index (χ0n) is 30.9. The molecule has 4 aromatic heterocycles. The molecule has 2 aliphatic rings. The molecule has 9 aromatic rings. The molecule has 0 spiro atoms. The van der Waals surface area contributed by atoms with E-state index in [1.54, 1.807) is 0 Å². The van der Waals surface area contributed by atoms with Crippen LogP contribution in [-0.2, 0) is 33.9 Å². The van der Waals surface area contributed by atoms with Crippen LogP contribution in [0.4, 0.5) is 0 Å². The number of aromatic nitrogens is 3. The number of pyridine rings is 2. The van der Waals surface area contributed by atoms with Crippen LogP contribution in [0.3, 0.4) is 0 Å². The van der Waals surface area contributed by atoms with Crippen LogP contribution in [0.25, 0.3) is 71.6 Å². The van der Waals surface area contributed by atoms with Gasteiger partial charge in [-0.05, 0) is 83.8 Å². The molecule has 0 saturated heterocycles. The fourth-order valence-corrected chi connectivity index (χ4v) is 9.39. The van der Waals surface area contributed by atoms with Crippen LogP contribution in [0.5, 0.6) is 11.5 Å². The standard InChI is InChI=1S/C49H39N3O2.Pt/c1-29-20-47(51-27-30(29)2)52-45-15-9-8-14-39(45)40-19-17-36(26-46(40)52)53-37-24-42-41-18-16-32-12-6-7-13-38(32)48(41)54-49(42)43(25-37)44-23-34-21-33(22-35(34)28-50-44)31-10-4-3-5-11-31;/h6-9,12-20,23-24,27-28,31,33H,3-5,10-11,21-22H2,1-2H3;/q-2;+2. The monoisotopic (exact) mass is 896 g/mol. The Bertz CT molecular complexity index is 2950. The maximum atomic E-state index is 6.82. The predicted octanol–water partition coefficient (Wildman–Crippen LogP) is 12.6. The Labute approximate surface area is 334 Å². The van der Waals surface area contributed by atoms with Crippen LogP contribution in [0.15, 0.2) is 108 Å². The fourth-order valence-electron chi connectivity index (χ4n) is 9.39. The molecule has 6 heteroatoms. The average Bonchev–Trinajstić information content (AvgIpc) is 3.91. The van der Waals surface area contributed by atoms with Crippen molar-refractivity contribution in [1.29, 1.82) is 0 Å². The van der Waals surface area contributed by atoms with Gasteiger partial charge in [-0.1, -0.05) is 127 Å². The van der Waals surface area contributed by atoms with Crippen molar-refractivity contribution in [3.8, 4) is 28.6 Å². The SMILES string of the molecule is Cc1cnc(-n2c3[c-]c(Oc4[c-]c(-c5cc6c(cn5)CC(C5CCCCC5)C6)c5oc6c7ccccc7ccc6c5c4)ccc3c3ccccc32)cc1C.[Pt+2]. The summed E-state index contributed by atoms with van der Waals surface area (Å²) in [7, 11) is 0. The van der Waals surface area contributed by atoms with Crippen LogP contribution in [0, 0.1) is 37.8 Å². The number of furan rings is 1. The van der Waals surface area contributed by atoms with E-state index in [2.05, 4.69) is 122 Å². The van der Waals surface area contributed by atoms with E-state index < -0.39 is 0 Å². The van der Waals surface area contributed by atoms with Crippen molar-refractivity contribution in [2.24, 2.45) is 11.8 Å². The van der Waals surface area contributed by atoms with Gasteiger partial charge in [0, 0.05) is 40.2 Å². The number of ether oxygens (including phenoxy) is 1. The van der Waals surface area contributed by atoms with Gasteiger partial charge in [-0.2, -0.15) is 6.07 Å². The van der Waals surface area contributed by atoms with Gasteiger partial charge < -0.3 is 18.7 Å². The van der Waals surface area contributed by atoms with Crippen molar-refractivity contribution >= 4 is 54.5 Å². The molecular weight excluding hydrogens is 858 g/mol. The Kier molecular flexibility index (Phi) is 8.41. The summed E-state index contributed by atoms with van der Waals surface area (Å²) in [6.45, 7) is 4.22. The number of aryl methyl sites for hydroxylation is 2. The van der Waals surface area contributed by atoms with Gasteiger partial charge in [0.15, 0.2) is 0 Å². The molecule has 1 unspecified atom stereocenters. The molecule has 0 aliphatic heterocycles. The molecular formula is C49H39N3O2Pt. The van der Waals surface area contributed by atoms with E-state index in [0.29, 0.717) is 17.4 Å². The first-order valence-electron chi connectivity index (χ1n) is 19.4. The number of nitrogens with zero attached hydrogens (tertiary/aromatic N) is 3. The molecule has 1 fully saturated rings. The molecule has 1 atom stereocenters. The summed E-state index contributed by atoms with van der Waals surface area (Å²) >= 11 is 0. The van der Waals surface area contributed by atoms with Crippen molar-refractivity contribution in [3.05, 3.63) is 138 Å². The number of para-hydroxylation sites is 1. The first-order chi connectivity index (χ1) is 26.6. The second-order valence-corrected chi connectivity index (χ2v) is 15.6. The van der Waals surface area contributed by atoms with Crippen LogP contribution in [0.2, 0.25) is 0 Å². The van der Waals surface area contributed by atoms with Crippen LogP contribution in [-0.4, -0.2) is 14.5 Å². The van der Waals surface area contributed by atoms with Gasteiger partial charge >= 0.3 is 21.1 Å². The molecule has 1 saturated carbocycles. The van der Waals surface area contributed by atoms with Crippen molar-refractivity contribution in [2.75, 3.05) is 0 Å². The van der Waals surface area contributed by atoms with Gasteiger partial charge in [-0.25, -0.2) is 4.98 Å². The maximum Gasteiger partial charge on any atom is 2.00 e. The number of benzene rings is 5. The molecule has 2 aliphatic carbocycles. The van der Waals surface area contributed by atoms with Crippen molar-refractivity contribution in [3.63, 3.8) is 0 Å². The van der Waals surface area contributed by atoms with Gasteiger partial charge in [-0.15, -0.1) is 17.5 Å². The van der Waals surface area contributed by atoms with Crippen molar-refractivity contribution < 1.29 is 30.2 Å². The van der Waals surface area contributed by atoms with Crippen LogP contribution < -0.4 is 4.74 Å². The van der Waals surface area contributed by atoms with Gasteiger partial charge in [0.1, 0.15) is 11.4 Å². The van der Waals surface area contributed by atoms with E-state index in [9.17, 15) is 0 Å². The number of fused-ring (bicyclic) bond motifs is 9. The summed E-state index contributed by atoms with van der Waals surface area (Å²) in [6.07, 6.45) is 13.2. The minimum absolute atomic E-state index is 0. The molecule has 0 amide bonds. The topological polar surface area (TPSA) is 53.1 Å². The first-order valence-corrected chi connectivity index (χ1v) is 19.4. The third kappa shape index (κ3) is 5.70. The van der Waals surface area contributed by atoms with Gasteiger partial charge in [0.2, 0.25) is 0 Å². The van der Waals surface area contributed by atoms with Gasteiger partial charge in [0.05, 0.1) is 5.58 Å². The fraction of sp³-hybridized carbons (Fsp3) is 0.224. The number of hydrogen-bond donors (Lipinski definition) is 0. The van der Waals surface area contributed by atoms with Gasteiger partial charge in [-0.3, -0.25) is 0 Å². The Morgan fingerprint density at radius 3 is 2.33 bits per heavy atom. The van der Waals surface area contributed by atoms with Crippen LogP contribution >= 0.6 is 0 Å². The predicted molar refractivity (Wildman–Crippen MR) is 218 cm³/mol. The molecule has 5 nitrogen and oxygen atoms in total. The molecule has 0 bridgehead atoms. The van der Waals surface area contributed by atoms with Gasteiger partial charge in [0.25, 0.3) is 0 Å². The van der Waals surface area contributed by atoms with E-state index in [0.717, 1.165) is 95.9 Å². The van der Waals surface area contributed by atoms with E-state index in [1.807, 2.05) is 12.3 Å². The zero-order valence-corrected chi connectivity index (χ0v) is 33.2. The summed E-state index contributed by atoms with van der Waals surface area (Å²) in [5.41, 5.74) is 10.5. The second-order valence-electron chi connectivity index (χ2n) is 15.6. The molecule has 0 N–H and O–H groups in total. The summed E-state index contributed by atoms with van der Waals surface area (Å²) < 4.78 is 15.8. The summed E-state index contributed by atoms with van der Waals surface area (Å²) in [5, 5.41) is 6.50. The average molecular weight is 897 g/mol. The maximum absolute atomic E-state index is 6.82. The smallest absolute Gasteiger partial charge is 0.503 e. The van der Waals surface area contributed by atoms with E-state index in [4.69, 9.17) is 19.1 Å². The normalized spacial score (nSPS) is 16.0. The quantitative estimate of drug-likeness (QED) is 0.162. The van der Waals surface area contributed by atoms with E-state index >= 15 is 0 Å². The Hall–Kier alpha value is -5.25. The first kappa shape index (κ1) is 34.3. The minimum atomic E-state index is 0. The second kappa shape index (κ2) is 13.5. The Morgan fingerprint density at radius 2 is 1.45 bits per heavy atom. The molecule has 11 rings (SSSR count). The van der Waals surface area contributed by atoms with Crippen LogP contribution in [0.1, 0.15) is 54.4 Å².